The molecular weight excluding hydrogens is 453 g/mol. The van der Waals surface area contributed by atoms with Crippen molar-refractivity contribution in [3.8, 4) is 5.75 Å². The van der Waals surface area contributed by atoms with Crippen LogP contribution in [0.5, 0.6) is 5.75 Å². The maximum atomic E-state index is 13.4. The molecule has 2 aromatic rings. The fourth-order valence-corrected chi connectivity index (χ4v) is 3.68. The second-order valence-corrected chi connectivity index (χ2v) is 9.22. The molecule has 172 valence electrons. The summed E-state index contributed by atoms with van der Waals surface area (Å²) in [5.41, 5.74) is 1.66. The number of rotatable bonds is 4. The van der Waals surface area contributed by atoms with Gasteiger partial charge in [-0.25, -0.2) is 4.79 Å². The van der Waals surface area contributed by atoms with Gasteiger partial charge < -0.3 is 25.0 Å². The van der Waals surface area contributed by atoms with E-state index in [1.807, 2.05) is 26.8 Å². The Morgan fingerprint density at radius 1 is 1.06 bits per heavy atom. The van der Waals surface area contributed by atoms with Crippen molar-refractivity contribution >= 4 is 46.5 Å². The summed E-state index contributed by atoms with van der Waals surface area (Å²) in [5.74, 6) is 0.159. The Morgan fingerprint density at radius 3 is 2.34 bits per heavy atom. The minimum atomic E-state index is -0.557. The zero-order chi connectivity index (χ0) is 23.5. The molecule has 3 amide bonds. The Labute approximate surface area is 198 Å². The summed E-state index contributed by atoms with van der Waals surface area (Å²) in [7, 11) is 1.51. The number of nitrogens with one attached hydrogen (secondary N) is 2. The number of nitrogens with zero attached hydrogens (tertiary/aromatic N) is 1. The number of hydrogen-bond acceptors (Lipinski definition) is 4. The van der Waals surface area contributed by atoms with Gasteiger partial charge in [-0.1, -0.05) is 50.0 Å². The van der Waals surface area contributed by atoms with E-state index in [4.69, 9.17) is 32.7 Å². The minimum Gasteiger partial charge on any atom is -0.496 e. The molecule has 0 aliphatic carbocycles. The summed E-state index contributed by atoms with van der Waals surface area (Å²) in [6, 6.07) is 8.03. The largest absolute Gasteiger partial charge is 0.496 e. The van der Waals surface area contributed by atoms with Crippen LogP contribution in [0.15, 0.2) is 30.3 Å². The molecule has 2 N–H and O–H groups in total. The molecule has 3 rings (SSSR count). The monoisotopic (exact) mass is 479 g/mol. The zero-order valence-corrected chi connectivity index (χ0v) is 20.1. The molecule has 7 nitrogen and oxygen atoms in total. The van der Waals surface area contributed by atoms with Gasteiger partial charge in [-0.2, -0.15) is 0 Å². The Hall–Kier alpha value is -2.48. The molecule has 32 heavy (non-hydrogen) atoms. The Kier molecular flexibility index (Phi) is 7.54. The molecule has 1 aliphatic rings. The lowest BCUT2D eigenvalue weighted by Crippen LogP contribution is -2.41. The molecule has 0 bridgehead atoms. The van der Waals surface area contributed by atoms with E-state index < -0.39 is 6.03 Å². The van der Waals surface area contributed by atoms with E-state index in [-0.39, 0.29) is 21.9 Å². The molecular formula is C23H27Cl2N3O4. The Balaban J connectivity index is 1.99. The highest BCUT2D eigenvalue weighted by atomic mass is 35.5. The third-order valence-corrected chi connectivity index (χ3v) is 5.97. The normalized spacial score (nSPS) is 14.1. The number of urea groups is 1. The van der Waals surface area contributed by atoms with E-state index in [0.29, 0.717) is 48.5 Å². The number of anilines is 2. The van der Waals surface area contributed by atoms with Crippen LogP contribution < -0.4 is 15.4 Å². The van der Waals surface area contributed by atoms with Crippen molar-refractivity contribution in [3.05, 3.63) is 51.5 Å². The first kappa shape index (κ1) is 24.2. The quantitative estimate of drug-likeness (QED) is 0.613. The number of halogens is 2. The highest BCUT2D eigenvalue weighted by Crippen LogP contribution is 2.36. The molecule has 0 unspecified atom stereocenters. The van der Waals surface area contributed by atoms with Crippen molar-refractivity contribution in [2.45, 2.75) is 26.2 Å². The molecule has 0 atom stereocenters. The van der Waals surface area contributed by atoms with Gasteiger partial charge in [0.25, 0.3) is 5.91 Å². The predicted octanol–water partition coefficient (Wildman–Crippen LogP) is 5.42. The van der Waals surface area contributed by atoms with Gasteiger partial charge in [-0.3, -0.25) is 4.79 Å². The fourth-order valence-electron chi connectivity index (χ4n) is 3.33. The lowest BCUT2D eigenvalue weighted by Gasteiger charge is -2.29. The average molecular weight is 480 g/mol. The number of amides is 3. The maximum absolute atomic E-state index is 13.4. The highest BCUT2D eigenvalue weighted by molar-refractivity contribution is 6.44. The van der Waals surface area contributed by atoms with Gasteiger partial charge in [0.2, 0.25) is 0 Å². The number of hydrogen-bond donors (Lipinski definition) is 2. The van der Waals surface area contributed by atoms with Crippen LogP contribution in [0.25, 0.3) is 0 Å². The summed E-state index contributed by atoms with van der Waals surface area (Å²) in [6.45, 7) is 7.98. The van der Waals surface area contributed by atoms with Crippen LogP contribution in [0.3, 0.4) is 0 Å². The van der Waals surface area contributed by atoms with Crippen molar-refractivity contribution in [1.82, 2.24) is 4.90 Å². The molecule has 0 radical (unpaired) electrons. The molecule has 1 saturated heterocycles. The summed E-state index contributed by atoms with van der Waals surface area (Å²) in [4.78, 5) is 27.9. The van der Waals surface area contributed by atoms with Gasteiger partial charge in [-0.05, 0) is 35.2 Å². The van der Waals surface area contributed by atoms with Crippen molar-refractivity contribution in [2.24, 2.45) is 0 Å². The number of benzene rings is 2. The fraction of sp³-hybridized carbons (Fsp3) is 0.391. The number of ether oxygens (including phenoxy) is 2. The van der Waals surface area contributed by atoms with Gasteiger partial charge in [-0.15, -0.1) is 0 Å². The Morgan fingerprint density at radius 2 is 1.72 bits per heavy atom. The second-order valence-electron chi connectivity index (χ2n) is 8.44. The third-order valence-electron chi connectivity index (χ3n) is 5.15. The smallest absolute Gasteiger partial charge is 0.323 e. The highest BCUT2D eigenvalue weighted by Gasteiger charge is 2.28. The topological polar surface area (TPSA) is 79.9 Å². The van der Waals surface area contributed by atoms with Crippen LogP contribution in [0, 0.1) is 0 Å². The van der Waals surface area contributed by atoms with E-state index in [9.17, 15) is 9.59 Å². The second kappa shape index (κ2) is 9.98. The standard InChI is InChI=1S/C23H27Cl2N3O4/c1-23(2,3)14-12-17(27-22(30)26-16-7-5-6-15(24)20(16)25)19(18(13-14)31-4)21(29)28-8-10-32-11-9-28/h5-7,12-13H,8-11H2,1-4H3,(H2,26,27,30). The molecule has 2 aromatic carbocycles. The van der Waals surface area contributed by atoms with Crippen LogP contribution >= 0.6 is 23.2 Å². The zero-order valence-electron chi connectivity index (χ0n) is 18.6. The van der Waals surface area contributed by atoms with E-state index >= 15 is 0 Å². The number of methoxy groups -OCH3 is 1. The van der Waals surface area contributed by atoms with Crippen molar-refractivity contribution in [3.63, 3.8) is 0 Å². The van der Waals surface area contributed by atoms with Crippen LogP contribution in [0.4, 0.5) is 16.2 Å². The number of carbonyl (C=O) groups is 2. The summed E-state index contributed by atoms with van der Waals surface area (Å²) in [6.07, 6.45) is 0. The molecule has 1 aliphatic heterocycles. The van der Waals surface area contributed by atoms with E-state index in [2.05, 4.69) is 10.6 Å². The summed E-state index contributed by atoms with van der Waals surface area (Å²) >= 11 is 12.2. The van der Waals surface area contributed by atoms with Gasteiger partial charge >= 0.3 is 6.03 Å². The van der Waals surface area contributed by atoms with Gasteiger partial charge in [0, 0.05) is 13.1 Å². The predicted molar refractivity (Wildman–Crippen MR) is 128 cm³/mol. The van der Waals surface area contributed by atoms with Crippen LogP contribution in [0.1, 0.15) is 36.7 Å². The summed E-state index contributed by atoms with van der Waals surface area (Å²) < 4.78 is 10.9. The van der Waals surface area contributed by atoms with Crippen LogP contribution in [0.2, 0.25) is 10.0 Å². The minimum absolute atomic E-state index is 0.231. The van der Waals surface area contributed by atoms with E-state index in [1.54, 1.807) is 29.2 Å². The number of carbonyl (C=O) groups excluding carboxylic acids is 2. The lowest BCUT2D eigenvalue weighted by molar-refractivity contribution is 0.0301. The molecule has 9 heteroatoms. The van der Waals surface area contributed by atoms with E-state index in [1.165, 1.54) is 7.11 Å². The maximum Gasteiger partial charge on any atom is 0.323 e. The molecule has 1 fully saturated rings. The van der Waals surface area contributed by atoms with Gasteiger partial charge in [0.15, 0.2) is 0 Å². The van der Waals surface area contributed by atoms with Crippen molar-refractivity contribution in [2.75, 3.05) is 44.0 Å². The average Bonchev–Trinajstić information content (AvgIpc) is 2.76. The number of morpholine rings is 1. The first-order valence-electron chi connectivity index (χ1n) is 10.2. The SMILES string of the molecule is COc1cc(C(C)(C)C)cc(NC(=O)Nc2cccc(Cl)c2Cl)c1C(=O)N1CCOCC1. The Bertz CT molecular complexity index is 1020. The molecule has 1 heterocycles. The first-order valence-corrected chi connectivity index (χ1v) is 11.0. The van der Waals surface area contributed by atoms with E-state index in [0.717, 1.165) is 5.56 Å². The molecule has 0 aromatic heterocycles. The van der Waals surface area contributed by atoms with Crippen molar-refractivity contribution in [1.29, 1.82) is 0 Å². The molecule has 0 saturated carbocycles. The van der Waals surface area contributed by atoms with Crippen LogP contribution in [-0.2, 0) is 10.2 Å². The molecule has 0 spiro atoms. The van der Waals surface area contributed by atoms with Gasteiger partial charge in [0.05, 0.1) is 41.7 Å². The van der Waals surface area contributed by atoms with Crippen LogP contribution in [-0.4, -0.2) is 50.3 Å². The van der Waals surface area contributed by atoms with Crippen molar-refractivity contribution < 1.29 is 19.1 Å². The first-order chi connectivity index (χ1) is 15.1. The lowest BCUT2D eigenvalue weighted by atomic mass is 9.85. The van der Waals surface area contributed by atoms with Gasteiger partial charge in [0.1, 0.15) is 11.3 Å². The third kappa shape index (κ3) is 5.46. The summed E-state index contributed by atoms with van der Waals surface area (Å²) in [5, 5.41) is 6.05.